The van der Waals surface area contributed by atoms with E-state index < -0.39 is 18.8 Å². The second-order valence-electron chi connectivity index (χ2n) is 3.27. The van der Waals surface area contributed by atoms with Gasteiger partial charge in [0.25, 0.3) is 0 Å². The Balaban J connectivity index is 2.59. The number of carbonyl (C=O) groups excluding carboxylic acids is 1. The van der Waals surface area contributed by atoms with Crippen LogP contribution in [0, 0.1) is 0 Å². The highest BCUT2D eigenvalue weighted by atomic mass is 35.5. The number of urea groups is 1. The van der Waals surface area contributed by atoms with Crippen LogP contribution in [0.25, 0.3) is 0 Å². The molecule has 0 aliphatic heterocycles. The van der Waals surface area contributed by atoms with E-state index in [0.717, 1.165) is 0 Å². The molecule has 18 heavy (non-hydrogen) atoms. The average molecular weight is 283 g/mol. The van der Waals surface area contributed by atoms with E-state index >= 15 is 0 Å². The van der Waals surface area contributed by atoms with E-state index in [1.807, 2.05) is 0 Å². The lowest BCUT2D eigenvalue weighted by atomic mass is 10.3. The summed E-state index contributed by atoms with van der Waals surface area (Å²) in [6, 6.07) is 3.39. The lowest BCUT2D eigenvalue weighted by molar-refractivity contribution is -0.122. The third kappa shape index (κ3) is 4.70. The molecule has 0 bridgehead atoms. The number of hydrogen-bond donors (Lipinski definition) is 2. The molecule has 100 valence electrons. The number of anilines is 1. The van der Waals surface area contributed by atoms with E-state index in [-0.39, 0.29) is 10.7 Å². The summed E-state index contributed by atoms with van der Waals surface area (Å²) in [7, 11) is 1.44. The Bertz CT molecular complexity index is 438. The molecule has 0 aliphatic carbocycles. The van der Waals surface area contributed by atoms with Gasteiger partial charge in [-0.25, -0.2) is 4.79 Å². The van der Waals surface area contributed by atoms with Crippen LogP contribution >= 0.6 is 11.6 Å². The van der Waals surface area contributed by atoms with Crippen LogP contribution < -0.4 is 15.4 Å². The molecule has 8 heteroatoms. The molecule has 4 nitrogen and oxygen atoms in total. The molecule has 0 unspecified atom stereocenters. The molecule has 1 rings (SSSR count). The minimum atomic E-state index is -4.46. The Kier molecular flexibility index (Phi) is 4.66. The van der Waals surface area contributed by atoms with Gasteiger partial charge >= 0.3 is 12.2 Å². The fourth-order valence-electron chi connectivity index (χ4n) is 1.07. The van der Waals surface area contributed by atoms with Gasteiger partial charge in [-0.2, -0.15) is 13.2 Å². The number of benzene rings is 1. The molecule has 0 saturated heterocycles. The maximum atomic E-state index is 11.8. The molecule has 2 N–H and O–H groups in total. The highest BCUT2D eigenvalue weighted by Crippen LogP contribution is 2.26. The van der Waals surface area contributed by atoms with Gasteiger partial charge in [-0.15, -0.1) is 0 Å². The molecule has 1 aromatic carbocycles. The summed E-state index contributed by atoms with van der Waals surface area (Å²) in [4.78, 5) is 11.2. The molecule has 0 fully saturated rings. The van der Waals surface area contributed by atoms with Crippen LogP contribution in [0.5, 0.6) is 5.75 Å². The van der Waals surface area contributed by atoms with Crippen LogP contribution in [-0.2, 0) is 0 Å². The number of carbonyl (C=O) groups is 1. The zero-order valence-corrected chi connectivity index (χ0v) is 10.0. The minimum Gasteiger partial charge on any atom is -0.497 e. The smallest absolute Gasteiger partial charge is 0.405 e. The average Bonchev–Trinajstić information content (AvgIpc) is 2.28. The fraction of sp³-hybridized carbons (Fsp3) is 0.300. The van der Waals surface area contributed by atoms with Crippen LogP contribution in [0.3, 0.4) is 0 Å². The molecular weight excluding hydrogens is 273 g/mol. The summed E-state index contributed by atoms with van der Waals surface area (Å²) < 4.78 is 40.4. The second-order valence-corrected chi connectivity index (χ2v) is 3.68. The normalized spacial score (nSPS) is 10.9. The highest BCUT2D eigenvalue weighted by Gasteiger charge is 2.27. The molecule has 0 heterocycles. The largest absolute Gasteiger partial charge is 0.497 e. The predicted octanol–water partition coefficient (Wildman–Crippen LogP) is 3.03. The summed E-state index contributed by atoms with van der Waals surface area (Å²) in [6.07, 6.45) is -4.46. The van der Waals surface area contributed by atoms with Gasteiger partial charge in [0.15, 0.2) is 0 Å². The maximum Gasteiger partial charge on any atom is 0.405 e. The van der Waals surface area contributed by atoms with Crippen LogP contribution in [0.4, 0.5) is 23.7 Å². The van der Waals surface area contributed by atoms with E-state index in [1.54, 1.807) is 5.32 Å². The number of amides is 2. The van der Waals surface area contributed by atoms with Crippen LogP contribution in [0.1, 0.15) is 0 Å². The zero-order chi connectivity index (χ0) is 13.8. The van der Waals surface area contributed by atoms with E-state index in [4.69, 9.17) is 16.3 Å². The molecule has 1 aromatic rings. The first-order valence-corrected chi connectivity index (χ1v) is 5.15. The first kappa shape index (κ1) is 14.4. The second kappa shape index (κ2) is 5.81. The number of hydrogen-bond acceptors (Lipinski definition) is 2. The Morgan fingerprint density at radius 3 is 2.61 bits per heavy atom. The number of ether oxygens (including phenoxy) is 1. The Morgan fingerprint density at radius 2 is 2.11 bits per heavy atom. The van der Waals surface area contributed by atoms with Gasteiger partial charge in [0.2, 0.25) is 0 Å². The van der Waals surface area contributed by atoms with E-state index in [9.17, 15) is 18.0 Å². The Labute approximate surface area is 106 Å². The van der Waals surface area contributed by atoms with Crippen molar-refractivity contribution in [2.24, 2.45) is 0 Å². The highest BCUT2D eigenvalue weighted by molar-refractivity contribution is 6.33. The molecule has 0 radical (unpaired) electrons. The standard InChI is InChI=1S/C10H10ClF3N2O2/c1-18-6-2-3-8(7(11)4-6)16-9(17)15-5-10(12,13)14/h2-4H,5H2,1H3,(H2,15,16,17). The molecule has 0 atom stereocenters. The number of methoxy groups -OCH3 is 1. The summed E-state index contributed by atoms with van der Waals surface area (Å²) in [5, 5.41) is 4.02. The molecule has 2 amide bonds. The fourth-order valence-corrected chi connectivity index (χ4v) is 1.29. The number of nitrogens with one attached hydrogen (secondary N) is 2. The van der Waals surface area contributed by atoms with Gasteiger partial charge in [0, 0.05) is 6.07 Å². The lowest BCUT2D eigenvalue weighted by Gasteiger charge is -2.11. The van der Waals surface area contributed by atoms with Crippen molar-refractivity contribution in [3.63, 3.8) is 0 Å². The van der Waals surface area contributed by atoms with Crippen molar-refractivity contribution in [3.05, 3.63) is 23.2 Å². The van der Waals surface area contributed by atoms with Crippen molar-refractivity contribution >= 4 is 23.3 Å². The minimum absolute atomic E-state index is 0.163. The van der Waals surface area contributed by atoms with Crippen LogP contribution in [0.15, 0.2) is 18.2 Å². The van der Waals surface area contributed by atoms with Crippen molar-refractivity contribution in [2.45, 2.75) is 6.18 Å². The molecule has 0 aliphatic rings. The first-order valence-electron chi connectivity index (χ1n) is 4.77. The molecule has 0 spiro atoms. The molecule has 0 saturated carbocycles. The van der Waals surface area contributed by atoms with E-state index in [2.05, 4.69) is 5.32 Å². The van der Waals surface area contributed by atoms with Crippen LogP contribution in [0.2, 0.25) is 5.02 Å². The van der Waals surface area contributed by atoms with Crippen molar-refractivity contribution in [1.29, 1.82) is 0 Å². The number of alkyl halides is 3. The van der Waals surface area contributed by atoms with Crippen LogP contribution in [-0.4, -0.2) is 25.9 Å². The SMILES string of the molecule is COc1ccc(NC(=O)NCC(F)(F)F)c(Cl)c1. The summed E-state index contributed by atoms with van der Waals surface area (Å²) in [5.74, 6) is 0.473. The van der Waals surface area contributed by atoms with Crippen molar-refractivity contribution in [3.8, 4) is 5.75 Å². The van der Waals surface area contributed by atoms with E-state index in [1.165, 1.54) is 25.3 Å². The predicted molar refractivity (Wildman–Crippen MR) is 61.1 cm³/mol. The van der Waals surface area contributed by atoms with Gasteiger partial charge < -0.3 is 15.4 Å². The zero-order valence-electron chi connectivity index (χ0n) is 9.27. The Hall–Kier alpha value is -1.63. The molecular formula is C10H10ClF3N2O2. The number of halogens is 4. The number of rotatable bonds is 3. The third-order valence-electron chi connectivity index (χ3n) is 1.87. The van der Waals surface area contributed by atoms with Gasteiger partial charge in [0.05, 0.1) is 17.8 Å². The molecule has 0 aromatic heterocycles. The van der Waals surface area contributed by atoms with Crippen molar-refractivity contribution < 1.29 is 22.7 Å². The Morgan fingerprint density at radius 1 is 1.44 bits per heavy atom. The summed E-state index contributed by atoms with van der Waals surface area (Å²) >= 11 is 5.80. The van der Waals surface area contributed by atoms with Crippen molar-refractivity contribution in [1.82, 2.24) is 5.32 Å². The maximum absolute atomic E-state index is 11.8. The van der Waals surface area contributed by atoms with Gasteiger partial charge in [-0.3, -0.25) is 0 Å². The van der Waals surface area contributed by atoms with Gasteiger partial charge in [-0.1, -0.05) is 11.6 Å². The lowest BCUT2D eigenvalue weighted by Crippen LogP contribution is -2.36. The van der Waals surface area contributed by atoms with Gasteiger partial charge in [-0.05, 0) is 12.1 Å². The summed E-state index contributed by atoms with van der Waals surface area (Å²) in [5.41, 5.74) is 0.192. The van der Waals surface area contributed by atoms with Gasteiger partial charge in [0.1, 0.15) is 12.3 Å². The monoisotopic (exact) mass is 282 g/mol. The van der Waals surface area contributed by atoms with Crippen molar-refractivity contribution in [2.75, 3.05) is 19.0 Å². The topological polar surface area (TPSA) is 50.4 Å². The third-order valence-corrected chi connectivity index (χ3v) is 2.19. The first-order chi connectivity index (χ1) is 8.31. The summed E-state index contributed by atoms with van der Waals surface area (Å²) in [6.45, 7) is -1.41. The van der Waals surface area contributed by atoms with E-state index in [0.29, 0.717) is 5.75 Å². The quantitative estimate of drug-likeness (QED) is 0.895.